The summed E-state index contributed by atoms with van der Waals surface area (Å²) in [7, 11) is 0. The smallest absolute Gasteiger partial charge is 0.271 e. The highest BCUT2D eigenvalue weighted by Gasteiger charge is 2.24. The van der Waals surface area contributed by atoms with Crippen LogP contribution in [0.2, 0.25) is 5.02 Å². The van der Waals surface area contributed by atoms with E-state index in [0.717, 1.165) is 6.54 Å². The van der Waals surface area contributed by atoms with E-state index in [-0.39, 0.29) is 10.6 Å². The predicted molar refractivity (Wildman–Crippen MR) is 74.5 cm³/mol. The van der Waals surface area contributed by atoms with Crippen molar-refractivity contribution in [3.63, 3.8) is 0 Å². The number of H-pyrrole nitrogens is 1. The van der Waals surface area contributed by atoms with Crippen molar-refractivity contribution in [3.8, 4) is 0 Å². The molecule has 0 bridgehead atoms. The molecule has 0 saturated heterocycles. The molecule has 0 spiro atoms. The summed E-state index contributed by atoms with van der Waals surface area (Å²) in [6.45, 7) is 0.771. The van der Waals surface area contributed by atoms with Gasteiger partial charge in [-0.15, -0.1) is 11.6 Å². The molecule has 100 valence electrons. The zero-order valence-corrected chi connectivity index (χ0v) is 11.6. The number of hydrogen-bond donors (Lipinski definition) is 2. The maximum absolute atomic E-state index is 11.3. The zero-order valence-electron chi connectivity index (χ0n) is 10.1. The molecule has 1 aliphatic rings. The molecular weight excluding hydrogens is 273 g/mol. The third kappa shape index (κ3) is 3.18. The van der Waals surface area contributed by atoms with Gasteiger partial charge in [-0.1, -0.05) is 24.4 Å². The van der Waals surface area contributed by atoms with Gasteiger partial charge >= 0.3 is 0 Å². The van der Waals surface area contributed by atoms with Gasteiger partial charge in [-0.25, -0.2) is 4.98 Å². The van der Waals surface area contributed by atoms with E-state index >= 15 is 0 Å². The summed E-state index contributed by atoms with van der Waals surface area (Å²) in [4.78, 5) is 17.8. The lowest BCUT2D eigenvalue weighted by atomic mass is 9.80. The minimum Gasteiger partial charge on any atom is -0.368 e. The third-order valence-corrected chi connectivity index (χ3v) is 4.34. The Morgan fingerprint density at radius 2 is 2.11 bits per heavy atom. The monoisotopic (exact) mass is 289 g/mol. The number of anilines is 1. The molecule has 1 fully saturated rings. The van der Waals surface area contributed by atoms with Crippen LogP contribution in [-0.4, -0.2) is 22.4 Å². The van der Waals surface area contributed by atoms with Crippen molar-refractivity contribution in [1.82, 2.24) is 9.97 Å². The molecule has 1 saturated carbocycles. The van der Waals surface area contributed by atoms with E-state index in [4.69, 9.17) is 23.2 Å². The van der Waals surface area contributed by atoms with Crippen LogP contribution in [0.3, 0.4) is 0 Å². The molecular formula is C12H17Cl2N3O. The summed E-state index contributed by atoms with van der Waals surface area (Å²) in [6, 6.07) is 0. The number of nitrogens with zero attached hydrogens (tertiary/aromatic N) is 1. The van der Waals surface area contributed by atoms with Gasteiger partial charge in [0, 0.05) is 12.4 Å². The van der Waals surface area contributed by atoms with Gasteiger partial charge in [0.2, 0.25) is 0 Å². The van der Waals surface area contributed by atoms with Crippen LogP contribution in [0.5, 0.6) is 0 Å². The predicted octanol–water partition coefficient (Wildman–Crippen LogP) is 2.88. The highest BCUT2D eigenvalue weighted by atomic mass is 35.5. The molecule has 2 rings (SSSR count). The van der Waals surface area contributed by atoms with E-state index < -0.39 is 0 Å². The largest absolute Gasteiger partial charge is 0.368 e. The third-order valence-electron chi connectivity index (χ3n) is 3.59. The lowest BCUT2D eigenvalue weighted by Gasteiger charge is -2.30. The Kier molecular flexibility index (Phi) is 4.89. The minimum absolute atomic E-state index is 0.121. The molecule has 0 aliphatic heterocycles. The summed E-state index contributed by atoms with van der Waals surface area (Å²) in [6.07, 6.45) is 6.22. The van der Waals surface area contributed by atoms with Crippen molar-refractivity contribution in [2.24, 2.45) is 11.8 Å². The summed E-state index contributed by atoms with van der Waals surface area (Å²) in [5.74, 6) is 2.24. The molecule has 1 aliphatic carbocycles. The van der Waals surface area contributed by atoms with Crippen molar-refractivity contribution in [1.29, 1.82) is 0 Å². The number of halogens is 2. The van der Waals surface area contributed by atoms with Gasteiger partial charge in [0.1, 0.15) is 5.02 Å². The first-order chi connectivity index (χ1) is 8.72. The topological polar surface area (TPSA) is 57.8 Å². The van der Waals surface area contributed by atoms with Crippen LogP contribution in [0.15, 0.2) is 11.1 Å². The summed E-state index contributed by atoms with van der Waals surface area (Å²) < 4.78 is 0. The quantitative estimate of drug-likeness (QED) is 0.838. The maximum atomic E-state index is 11.3. The fourth-order valence-corrected chi connectivity index (χ4v) is 3.07. The van der Waals surface area contributed by atoms with Gasteiger partial charge in [-0.3, -0.25) is 4.79 Å². The lowest BCUT2D eigenvalue weighted by Crippen LogP contribution is -2.28. The van der Waals surface area contributed by atoms with Crippen LogP contribution in [-0.2, 0) is 0 Å². The van der Waals surface area contributed by atoms with Gasteiger partial charge in [0.05, 0.1) is 6.33 Å². The molecule has 1 aromatic rings. The van der Waals surface area contributed by atoms with Crippen molar-refractivity contribution in [2.45, 2.75) is 25.7 Å². The number of aromatic amines is 1. The van der Waals surface area contributed by atoms with E-state index in [2.05, 4.69) is 15.3 Å². The normalized spacial score (nSPS) is 23.9. The van der Waals surface area contributed by atoms with Crippen LogP contribution < -0.4 is 10.9 Å². The summed E-state index contributed by atoms with van der Waals surface area (Å²) in [5, 5.41) is 3.29. The molecule has 1 aromatic heterocycles. The standard InChI is InChI=1S/C12H17Cl2N3O/c13-5-8-3-1-2-4-9(8)6-15-11-10(14)12(18)17-7-16-11/h7-9H,1-6H2,(H2,15,16,17,18). The van der Waals surface area contributed by atoms with E-state index in [1.165, 1.54) is 32.0 Å². The van der Waals surface area contributed by atoms with Crippen LogP contribution in [0.1, 0.15) is 25.7 Å². The molecule has 2 N–H and O–H groups in total. The van der Waals surface area contributed by atoms with Gasteiger partial charge in [0.15, 0.2) is 5.82 Å². The van der Waals surface area contributed by atoms with Gasteiger partial charge in [0.25, 0.3) is 5.56 Å². The average molecular weight is 290 g/mol. The first kappa shape index (κ1) is 13.7. The molecule has 1 heterocycles. The van der Waals surface area contributed by atoms with Crippen LogP contribution in [0.4, 0.5) is 5.82 Å². The molecule has 0 aromatic carbocycles. The average Bonchev–Trinajstić information content (AvgIpc) is 2.41. The fraction of sp³-hybridized carbons (Fsp3) is 0.667. The van der Waals surface area contributed by atoms with Gasteiger partial charge in [-0.2, -0.15) is 0 Å². The second kappa shape index (κ2) is 6.43. The zero-order chi connectivity index (χ0) is 13.0. The number of rotatable bonds is 4. The van der Waals surface area contributed by atoms with Crippen molar-refractivity contribution >= 4 is 29.0 Å². The highest BCUT2D eigenvalue weighted by Crippen LogP contribution is 2.31. The summed E-state index contributed by atoms with van der Waals surface area (Å²) >= 11 is 11.9. The van der Waals surface area contributed by atoms with Gasteiger partial charge < -0.3 is 10.3 Å². The van der Waals surface area contributed by atoms with Crippen LogP contribution >= 0.6 is 23.2 Å². The SMILES string of the molecule is O=c1[nH]cnc(NCC2CCCCC2CCl)c1Cl. The van der Waals surface area contributed by atoms with E-state index in [1.54, 1.807) is 0 Å². The fourth-order valence-electron chi connectivity index (χ4n) is 2.49. The molecule has 2 unspecified atom stereocenters. The first-order valence-corrected chi connectivity index (χ1v) is 7.16. The second-order valence-corrected chi connectivity index (χ2v) is 5.42. The number of alkyl halides is 1. The van der Waals surface area contributed by atoms with E-state index in [0.29, 0.717) is 23.5 Å². The Morgan fingerprint density at radius 3 is 2.83 bits per heavy atom. The van der Waals surface area contributed by atoms with E-state index in [1.807, 2.05) is 0 Å². The van der Waals surface area contributed by atoms with E-state index in [9.17, 15) is 4.79 Å². The van der Waals surface area contributed by atoms with Crippen molar-refractivity contribution in [2.75, 3.05) is 17.7 Å². The lowest BCUT2D eigenvalue weighted by molar-refractivity contribution is 0.272. The molecule has 0 amide bonds. The summed E-state index contributed by atoms with van der Waals surface area (Å²) in [5.41, 5.74) is -0.313. The Balaban J connectivity index is 1.98. The Labute approximate surface area is 116 Å². The first-order valence-electron chi connectivity index (χ1n) is 6.25. The second-order valence-electron chi connectivity index (χ2n) is 4.73. The number of hydrogen-bond acceptors (Lipinski definition) is 3. The van der Waals surface area contributed by atoms with Crippen LogP contribution in [0, 0.1) is 11.8 Å². The molecule has 6 heteroatoms. The molecule has 2 atom stereocenters. The maximum Gasteiger partial charge on any atom is 0.271 e. The Morgan fingerprint density at radius 1 is 1.39 bits per heavy atom. The van der Waals surface area contributed by atoms with Crippen molar-refractivity contribution in [3.05, 3.63) is 21.7 Å². The Hall–Kier alpha value is -0.740. The Bertz CT molecular complexity index is 449. The highest BCUT2D eigenvalue weighted by molar-refractivity contribution is 6.32. The molecule has 4 nitrogen and oxygen atoms in total. The molecule has 0 radical (unpaired) electrons. The minimum atomic E-state index is -0.313. The van der Waals surface area contributed by atoms with Gasteiger partial charge in [-0.05, 0) is 24.7 Å². The molecule has 18 heavy (non-hydrogen) atoms. The number of aromatic nitrogens is 2. The number of nitrogens with one attached hydrogen (secondary N) is 2. The van der Waals surface area contributed by atoms with Crippen LogP contribution in [0.25, 0.3) is 0 Å². The van der Waals surface area contributed by atoms with Crippen molar-refractivity contribution < 1.29 is 0 Å².